The molecule has 1 saturated heterocycles. The first-order valence-corrected chi connectivity index (χ1v) is 14.9. The number of hydrogen-bond acceptors (Lipinski definition) is 6. The van der Waals surface area contributed by atoms with E-state index >= 15 is 0 Å². The average molecular weight is 514 g/mol. The highest BCUT2D eigenvalue weighted by atomic mass is 32.2. The van der Waals surface area contributed by atoms with E-state index in [1.807, 2.05) is 0 Å². The zero-order chi connectivity index (χ0) is 24.1. The molecule has 1 N–H and O–H groups in total. The van der Waals surface area contributed by atoms with Gasteiger partial charge in [-0.25, -0.2) is 16.8 Å². The minimum atomic E-state index is -3.57. The summed E-state index contributed by atoms with van der Waals surface area (Å²) in [6.45, 7) is 5.13. The molecule has 1 fully saturated rings. The Labute approximate surface area is 200 Å². The van der Waals surface area contributed by atoms with Crippen LogP contribution in [0.3, 0.4) is 0 Å². The van der Waals surface area contributed by atoms with Crippen LogP contribution in [-0.4, -0.2) is 63.6 Å². The van der Waals surface area contributed by atoms with Gasteiger partial charge in [-0.3, -0.25) is 4.79 Å². The summed E-state index contributed by atoms with van der Waals surface area (Å²) in [6.07, 6.45) is 3.07. The predicted octanol–water partition coefficient (Wildman–Crippen LogP) is 3.14. The predicted molar refractivity (Wildman–Crippen MR) is 129 cm³/mol. The third-order valence-corrected chi connectivity index (χ3v) is 11.2. The lowest BCUT2D eigenvalue weighted by Crippen LogP contribution is -2.44. The fourth-order valence-corrected chi connectivity index (χ4v) is 8.35. The van der Waals surface area contributed by atoms with E-state index in [2.05, 4.69) is 5.32 Å². The second-order valence-corrected chi connectivity index (χ2v) is 12.9. The molecule has 1 aromatic heterocycles. The van der Waals surface area contributed by atoms with Crippen molar-refractivity contribution in [1.29, 1.82) is 0 Å². The van der Waals surface area contributed by atoms with Crippen LogP contribution in [0.15, 0.2) is 50.9 Å². The van der Waals surface area contributed by atoms with Crippen LogP contribution in [0.25, 0.3) is 0 Å². The van der Waals surface area contributed by atoms with Gasteiger partial charge >= 0.3 is 0 Å². The van der Waals surface area contributed by atoms with Gasteiger partial charge in [0.25, 0.3) is 15.9 Å². The minimum Gasteiger partial charge on any atom is -0.352 e. The number of thiophene rings is 1. The lowest BCUT2D eigenvalue weighted by molar-refractivity contribution is 0.0949. The summed E-state index contributed by atoms with van der Waals surface area (Å²) in [4.78, 5) is 12.7. The van der Waals surface area contributed by atoms with Crippen molar-refractivity contribution < 1.29 is 21.6 Å². The Bertz CT molecular complexity index is 1130. The fraction of sp³-hybridized carbons (Fsp3) is 0.500. The molecule has 1 unspecified atom stereocenters. The SMILES string of the molecule is CCN(CC)S(=O)(=O)c1ccc(C(=O)NCCC2CCCCN2S(=O)(=O)c2cccs2)cc1. The van der Waals surface area contributed by atoms with Crippen molar-refractivity contribution in [3.63, 3.8) is 0 Å². The molecule has 1 aliphatic heterocycles. The summed E-state index contributed by atoms with van der Waals surface area (Å²) in [6, 6.07) is 9.08. The van der Waals surface area contributed by atoms with Crippen LogP contribution in [-0.2, 0) is 20.0 Å². The van der Waals surface area contributed by atoms with Gasteiger partial charge in [0.2, 0.25) is 10.0 Å². The number of nitrogens with zero attached hydrogens (tertiary/aromatic N) is 2. The van der Waals surface area contributed by atoms with Gasteiger partial charge in [0.1, 0.15) is 4.21 Å². The van der Waals surface area contributed by atoms with Crippen LogP contribution < -0.4 is 5.32 Å². The van der Waals surface area contributed by atoms with Crippen LogP contribution in [0.1, 0.15) is 49.9 Å². The molecule has 0 bridgehead atoms. The Morgan fingerprint density at radius 1 is 1.09 bits per heavy atom. The van der Waals surface area contributed by atoms with Gasteiger partial charge in [-0.2, -0.15) is 8.61 Å². The van der Waals surface area contributed by atoms with Crippen molar-refractivity contribution in [2.45, 2.75) is 54.7 Å². The number of benzene rings is 1. The normalized spacial score (nSPS) is 17.8. The molecule has 11 heteroatoms. The number of amides is 1. The van der Waals surface area contributed by atoms with E-state index in [4.69, 9.17) is 0 Å². The Balaban J connectivity index is 1.60. The quantitative estimate of drug-likeness (QED) is 0.526. The smallest absolute Gasteiger partial charge is 0.252 e. The van der Waals surface area contributed by atoms with Gasteiger partial charge in [0.15, 0.2) is 0 Å². The number of rotatable bonds is 10. The van der Waals surface area contributed by atoms with Gasteiger partial charge < -0.3 is 5.32 Å². The lowest BCUT2D eigenvalue weighted by Gasteiger charge is -2.34. The third kappa shape index (κ3) is 5.83. The summed E-state index contributed by atoms with van der Waals surface area (Å²) in [5.74, 6) is -0.315. The molecule has 182 valence electrons. The first-order chi connectivity index (χ1) is 15.7. The monoisotopic (exact) mass is 513 g/mol. The fourth-order valence-electron chi connectivity index (χ4n) is 4.05. The molecule has 0 spiro atoms. The summed E-state index contributed by atoms with van der Waals surface area (Å²) in [7, 11) is -7.10. The highest BCUT2D eigenvalue weighted by Gasteiger charge is 2.33. The number of hydrogen-bond donors (Lipinski definition) is 1. The molecule has 0 saturated carbocycles. The summed E-state index contributed by atoms with van der Waals surface area (Å²) in [5, 5.41) is 4.59. The topological polar surface area (TPSA) is 104 Å². The molecule has 1 aliphatic rings. The second kappa shape index (κ2) is 11.1. The van der Waals surface area contributed by atoms with E-state index in [1.165, 1.54) is 39.9 Å². The van der Waals surface area contributed by atoms with E-state index < -0.39 is 20.0 Å². The number of sulfonamides is 2. The largest absolute Gasteiger partial charge is 0.352 e. The molecule has 1 amide bonds. The molecule has 33 heavy (non-hydrogen) atoms. The third-order valence-electron chi connectivity index (χ3n) is 5.85. The van der Waals surface area contributed by atoms with Crippen LogP contribution >= 0.6 is 11.3 Å². The van der Waals surface area contributed by atoms with Crippen molar-refractivity contribution in [3.05, 3.63) is 47.3 Å². The van der Waals surface area contributed by atoms with E-state index in [1.54, 1.807) is 35.7 Å². The van der Waals surface area contributed by atoms with Gasteiger partial charge in [0.05, 0.1) is 4.90 Å². The maximum absolute atomic E-state index is 13.0. The Hall–Kier alpha value is -1.79. The van der Waals surface area contributed by atoms with E-state index in [-0.39, 0.29) is 16.8 Å². The minimum absolute atomic E-state index is 0.152. The molecule has 1 atom stereocenters. The highest BCUT2D eigenvalue weighted by molar-refractivity contribution is 7.91. The lowest BCUT2D eigenvalue weighted by atomic mass is 10.0. The Morgan fingerprint density at radius 3 is 2.39 bits per heavy atom. The van der Waals surface area contributed by atoms with Gasteiger partial charge in [-0.15, -0.1) is 11.3 Å². The molecular formula is C22H31N3O5S3. The average Bonchev–Trinajstić information content (AvgIpc) is 3.36. The molecule has 1 aromatic carbocycles. The van der Waals surface area contributed by atoms with Gasteiger partial charge in [-0.1, -0.05) is 26.3 Å². The summed E-state index contributed by atoms with van der Waals surface area (Å²) >= 11 is 1.21. The molecule has 3 rings (SSSR count). The van der Waals surface area contributed by atoms with Crippen molar-refractivity contribution >= 4 is 37.3 Å². The molecule has 2 heterocycles. The Morgan fingerprint density at radius 2 is 1.79 bits per heavy atom. The molecule has 8 nitrogen and oxygen atoms in total. The molecule has 2 aromatic rings. The van der Waals surface area contributed by atoms with E-state index in [0.717, 1.165) is 19.3 Å². The molecular weight excluding hydrogens is 482 g/mol. The number of carbonyl (C=O) groups is 1. The number of carbonyl (C=O) groups excluding carboxylic acids is 1. The first kappa shape index (κ1) is 25.8. The van der Waals surface area contributed by atoms with Crippen molar-refractivity contribution in [2.75, 3.05) is 26.2 Å². The van der Waals surface area contributed by atoms with Crippen molar-refractivity contribution in [2.24, 2.45) is 0 Å². The summed E-state index contributed by atoms with van der Waals surface area (Å²) < 4.78 is 54.4. The highest BCUT2D eigenvalue weighted by Crippen LogP contribution is 2.29. The first-order valence-electron chi connectivity index (χ1n) is 11.2. The number of piperidine rings is 1. The zero-order valence-electron chi connectivity index (χ0n) is 18.9. The van der Waals surface area contributed by atoms with Gasteiger partial charge in [-0.05, 0) is 55.0 Å². The van der Waals surface area contributed by atoms with E-state index in [0.29, 0.717) is 42.4 Å². The second-order valence-electron chi connectivity index (χ2n) is 7.86. The molecule has 0 radical (unpaired) electrons. The summed E-state index contributed by atoms with van der Waals surface area (Å²) in [5.41, 5.74) is 0.361. The zero-order valence-corrected chi connectivity index (χ0v) is 21.4. The molecule has 0 aliphatic carbocycles. The maximum atomic E-state index is 13.0. The van der Waals surface area contributed by atoms with E-state index in [9.17, 15) is 21.6 Å². The number of nitrogens with one attached hydrogen (secondary N) is 1. The van der Waals surface area contributed by atoms with Crippen molar-refractivity contribution in [1.82, 2.24) is 13.9 Å². The van der Waals surface area contributed by atoms with Gasteiger partial charge in [0, 0.05) is 37.8 Å². The van der Waals surface area contributed by atoms with Crippen LogP contribution in [0.5, 0.6) is 0 Å². The van der Waals surface area contributed by atoms with Crippen LogP contribution in [0, 0.1) is 0 Å². The Kier molecular flexibility index (Phi) is 8.68. The van der Waals surface area contributed by atoms with Crippen LogP contribution in [0.4, 0.5) is 0 Å². The van der Waals surface area contributed by atoms with Crippen molar-refractivity contribution in [3.8, 4) is 0 Å². The standard InChI is InChI=1S/C22H31N3O5S3/c1-3-24(4-2)32(27,28)20-12-10-18(11-13-20)22(26)23-15-14-19-8-5-6-16-25(19)33(29,30)21-9-7-17-31-21/h7,9-13,17,19H,3-6,8,14-16H2,1-2H3,(H,23,26). The van der Waals surface area contributed by atoms with Crippen LogP contribution in [0.2, 0.25) is 0 Å². The maximum Gasteiger partial charge on any atom is 0.252 e.